The van der Waals surface area contributed by atoms with Crippen molar-refractivity contribution in [3.8, 4) is 11.5 Å². The highest BCUT2D eigenvalue weighted by Gasteiger charge is 2.25. The van der Waals surface area contributed by atoms with Crippen molar-refractivity contribution >= 4 is 32.7 Å². The molecule has 0 atom stereocenters. The molecule has 164 valence electrons. The van der Waals surface area contributed by atoms with Crippen molar-refractivity contribution < 1.29 is 14.6 Å². The smallest absolute Gasteiger partial charge is 0.223 e. The zero-order valence-electron chi connectivity index (χ0n) is 17.7. The molecule has 1 aliphatic heterocycles. The maximum Gasteiger partial charge on any atom is 0.223 e. The fourth-order valence-electron chi connectivity index (χ4n) is 4.29. The molecule has 31 heavy (non-hydrogen) atoms. The monoisotopic (exact) mass is 485 g/mol. The highest BCUT2D eigenvalue weighted by atomic mass is 79.9. The van der Waals surface area contributed by atoms with Gasteiger partial charge in [-0.2, -0.15) is 0 Å². The third-order valence-corrected chi connectivity index (χ3v) is 6.65. The summed E-state index contributed by atoms with van der Waals surface area (Å²) in [6.45, 7) is 3.18. The third-order valence-electron chi connectivity index (χ3n) is 6.04. The van der Waals surface area contributed by atoms with Crippen LogP contribution in [0.1, 0.15) is 24.0 Å². The topological polar surface area (TPSA) is 77.6 Å². The van der Waals surface area contributed by atoms with Crippen LogP contribution >= 0.6 is 15.9 Å². The van der Waals surface area contributed by atoms with Gasteiger partial charge in [0.15, 0.2) is 11.5 Å². The van der Waals surface area contributed by atoms with Gasteiger partial charge >= 0.3 is 0 Å². The molecule has 0 unspecified atom stereocenters. The number of ether oxygens (including phenoxy) is 1. The molecule has 1 saturated heterocycles. The number of hydrogen-bond acceptors (Lipinski definition) is 4. The van der Waals surface area contributed by atoms with E-state index in [1.807, 2.05) is 30.5 Å². The molecular formula is C24H28BrN3O3. The van der Waals surface area contributed by atoms with E-state index in [-0.39, 0.29) is 17.6 Å². The number of halogens is 1. The van der Waals surface area contributed by atoms with Gasteiger partial charge in [0, 0.05) is 36.1 Å². The van der Waals surface area contributed by atoms with E-state index in [1.165, 1.54) is 10.9 Å². The fourth-order valence-corrected chi connectivity index (χ4v) is 4.78. The number of aromatic amines is 1. The van der Waals surface area contributed by atoms with Crippen LogP contribution in [0.4, 0.5) is 0 Å². The average Bonchev–Trinajstić information content (AvgIpc) is 3.19. The number of phenolic OH excluding ortho intramolecular Hbond substituents is 1. The van der Waals surface area contributed by atoms with Crippen molar-refractivity contribution in [2.45, 2.75) is 25.8 Å². The molecule has 3 aromatic rings. The molecule has 2 aromatic carbocycles. The molecule has 1 amide bonds. The Morgan fingerprint density at radius 2 is 2.06 bits per heavy atom. The minimum atomic E-state index is 0.0697. The number of H-pyrrole nitrogens is 1. The van der Waals surface area contributed by atoms with Gasteiger partial charge in [0.2, 0.25) is 5.91 Å². The lowest BCUT2D eigenvalue weighted by Crippen LogP contribution is -2.40. The van der Waals surface area contributed by atoms with E-state index < -0.39 is 0 Å². The lowest BCUT2D eigenvalue weighted by atomic mass is 9.95. The van der Waals surface area contributed by atoms with Crippen LogP contribution in [0, 0.1) is 5.92 Å². The van der Waals surface area contributed by atoms with Gasteiger partial charge in [0.1, 0.15) is 0 Å². The number of benzene rings is 2. The molecule has 1 aromatic heterocycles. The van der Waals surface area contributed by atoms with Gasteiger partial charge in [0.05, 0.1) is 11.6 Å². The van der Waals surface area contributed by atoms with Crippen LogP contribution in [0.3, 0.4) is 0 Å². The Labute approximate surface area is 190 Å². The van der Waals surface area contributed by atoms with Crippen molar-refractivity contribution in [1.29, 1.82) is 0 Å². The summed E-state index contributed by atoms with van der Waals surface area (Å²) in [5.41, 5.74) is 3.44. The van der Waals surface area contributed by atoms with E-state index in [1.54, 1.807) is 7.11 Å². The first kappa shape index (κ1) is 21.7. The minimum Gasteiger partial charge on any atom is -0.503 e. The zero-order chi connectivity index (χ0) is 21.8. The Hall–Kier alpha value is -2.51. The van der Waals surface area contributed by atoms with Crippen LogP contribution in [-0.4, -0.2) is 47.6 Å². The summed E-state index contributed by atoms with van der Waals surface area (Å²) in [4.78, 5) is 18.3. The number of piperidine rings is 1. The van der Waals surface area contributed by atoms with Crippen molar-refractivity contribution in [2.24, 2.45) is 5.92 Å². The molecule has 0 spiro atoms. The van der Waals surface area contributed by atoms with Gasteiger partial charge in [-0.15, -0.1) is 0 Å². The third kappa shape index (κ3) is 5.05. The second-order valence-electron chi connectivity index (χ2n) is 8.08. The number of aromatic nitrogens is 1. The molecule has 0 saturated carbocycles. The predicted molar refractivity (Wildman–Crippen MR) is 125 cm³/mol. The molecule has 7 heteroatoms. The molecular weight excluding hydrogens is 458 g/mol. The molecule has 1 fully saturated rings. The van der Waals surface area contributed by atoms with Gasteiger partial charge in [-0.1, -0.05) is 18.2 Å². The van der Waals surface area contributed by atoms with E-state index in [4.69, 9.17) is 4.74 Å². The predicted octanol–water partition coefficient (Wildman–Crippen LogP) is 4.22. The minimum absolute atomic E-state index is 0.0697. The first-order chi connectivity index (χ1) is 15.0. The summed E-state index contributed by atoms with van der Waals surface area (Å²) < 4.78 is 5.87. The quantitative estimate of drug-likeness (QED) is 0.468. The van der Waals surface area contributed by atoms with Crippen LogP contribution in [0.5, 0.6) is 11.5 Å². The molecule has 1 aliphatic rings. The maximum absolute atomic E-state index is 12.6. The number of nitrogens with zero attached hydrogens (tertiary/aromatic N) is 1. The number of carbonyl (C=O) groups is 1. The van der Waals surface area contributed by atoms with Gasteiger partial charge in [-0.25, -0.2) is 0 Å². The Balaban J connectivity index is 1.24. The molecule has 0 bridgehead atoms. The maximum atomic E-state index is 12.6. The van der Waals surface area contributed by atoms with Crippen molar-refractivity contribution in [2.75, 3.05) is 26.7 Å². The Kier molecular flexibility index (Phi) is 6.83. The normalized spacial score (nSPS) is 15.3. The standard InChI is InChI=1S/C24H28BrN3O3/c1-31-22-13-16(12-20(25)23(22)29)15-28-10-7-17(8-11-28)24(30)26-9-6-18-14-27-21-5-3-2-4-19(18)21/h2-5,12-14,17,27,29H,6-11,15H2,1H3,(H,26,30). The van der Waals surface area contributed by atoms with Gasteiger partial charge in [-0.3, -0.25) is 9.69 Å². The molecule has 6 nitrogen and oxygen atoms in total. The van der Waals surface area contributed by atoms with Gasteiger partial charge in [-0.05, 0) is 77.6 Å². The highest BCUT2D eigenvalue weighted by Crippen LogP contribution is 2.35. The van der Waals surface area contributed by atoms with Gasteiger partial charge in [0.25, 0.3) is 0 Å². The number of likely N-dealkylation sites (tertiary alicyclic amines) is 1. The fraction of sp³-hybridized carbons (Fsp3) is 0.375. The van der Waals surface area contributed by atoms with Crippen LogP contribution in [0.25, 0.3) is 10.9 Å². The first-order valence-electron chi connectivity index (χ1n) is 10.7. The van der Waals surface area contributed by atoms with E-state index >= 15 is 0 Å². The summed E-state index contributed by atoms with van der Waals surface area (Å²) >= 11 is 3.38. The van der Waals surface area contributed by atoms with E-state index in [9.17, 15) is 9.90 Å². The number of hydrogen-bond donors (Lipinski definition) is 3. The summed E-state index contributed by atoms with van der Waals surface area (Å²) in [6, 6.07) is 12.0. The van der Waals surface area contributed by atoms with Gasteiger partial charge < -0.3 is 20.1 Å². The second-order valence-corrected chi connectivity index (χ2v) is 8.93. The largest absolute Gasteiger partial charge is 0.503 e. The number of nitrogens with one attached hydrogen (secondary N) is 2. The number of aromatic hydroxyl groups is 1. The Bertz CT molecular complexity index is 1060. The van der Waals surface area contributed by atoms with Crippen molar-refractivity contribution in [1.82, 2.24) is 15.2 Å². The Morgan fingerprint density at radius 3 is 2.84 bits per heavy atom. The number of rotatable bonds is 7. The van der Waals surface area contributed by atoms with Crippen LogP contribution in [0.15, 0.2) is 47.1 Å². The zero-order valence-corrected chi connectivity index (χ0v) is 19.2. The lowest BCUT2D eigenvalue weighted by Gasteiger charge is -2.31. The molecule has 0 aliphatic carbocycles. The highest BCUT2D eigenvalue weighted by molar-refractivity contribution is 9.10. The summed E-state index contributed by atoms with van der Waals surface area (Å²) in [5, 5.41) is 14.3. The van der Waals surface area contributed by atoms with E-state index in [0.29, 0.717) is 16.8 Å². The van der Waals surface area contributed by atoms with Crippen LogP contribution in [-0.2, 0) is 17.8 Å². The number of phenols is 1. The number of para-hydroxylation sites is 1. The number of fused-ring (bicyclic) bond motifs is 1. The Morgan fingerprint density at radius 1 is 1.29 bits per heavy atom. The second kappa shape index (κ2) is 9.75. The summed E-state index contributed by atoms with van der Waals surface area (Å²) in [5.74, 6) is 0.817. The van der Waals surface area contributed by atoms with E-state index in [2.05, 4.69) is 43.3 Å². The SMILES string of the molecule is COc1cc(CN2CCC(C(=O)NCCc3c[nH]c4ccccc34)CC2)cc(Br)c1O. The van der Waals surface area contributed by atoms with Crippen LogP contribution in [0.2, 0.25) is 0 Å². The number of amides is 1. The first-order valence-corrected chi connectivity index (χ1v) is 11.4. The average molecular weight is 486 g/mol. The summed E-state index contributed by atoms with van der Waals surface area (Å²) in [6.07, 6.45) is 4.57. The number of carbonyl (C=O) groups excluding carboxylic acids is 1. The van der Waals surface area contributed by atoms with E-state index in [0.717, 1.165) is 50.0 Å². The molecule has 3 N–H and O–H groups in total. The lowest BCUT2D eigenvalue weighted by molar-refractivity contribution is -0.126. The van der Waals surface area contributed by atoms with Crippen molar-refractivity contribution in [3.63, 3.8) is 0 Å². The van der Waals surface area contributed by atoms with Crippen molar-refractivity contribution in [3.05, 3.63) is 58.2 Å². The molecule has 2 heterocycles. The summed E-state index contributed by atoms with van der Waals surface area (Å²) in [7, 11) is 1.55. The number of methoxy groups -OCH3 is 1. The molecule has 0 radical (unpaired) electrons. The molecule has 4 rings (SSSR count). The van der Waals surface area contributed by atoms with Crippen LogP contribution < -0.4 is 10.1 Å².